The van der Waals surface area contributed by atoms with Crippen molar-refractivity contribution in [3.63, 3.8) is 0 Å². The summed E-state index contributed by atoms with van der Waals surface area (Å²) in [6, 6.07) is 4.67. The molecule has 0 fully saturated rings. The van der Waals surface area contributed by atoms with Crippen LogP contribution in [0.2, 0.25) is 0 Å². The highest BCUT2D eigenvalue weighted by atomic mass is 16.5. The SMILES string of the molecule is COc1ncccc1NC(=O)c1cncc(O)c1. The van der Waals surface area contributed by atoms with E-state index in [9.17, 15) is 9.90 Å². The van der Waals surface area contributed by atoms with Gasteiger partial charge >= 0.3 is 0 Å². The van der Waals surface area contributed by atoms with E-state index < -0.39 is 5.91 Å². The summed E-state index contributed by atoms with van der Waals surface area (Å²) in [4.78, 5) is 19.6. The predicted molar refractivity (Wildman–Crippen MR) is 64.6 cm³/mol. The van der Waals surface area contributed by atoms with Crippen molar-refractivity contribution in [1.82, 2.24) is 9.97 Å². The van der Waals surface area contributed by atoms with Crippen LogP contribution in [0.5, 0.6) is 11.6 Å². The summed E-state index contributed by atoms with van der Waals surface area (Å²) in [5.41, 5.74) is 0.703. The first kappa shape index (κ1) is 11.8. The van der Waals surface area contributed by atoms with Crippen LogP contribution < -0.4 is 10.1 Å². The third-order valence-electron chi connectivity index (χ3n) is 2.20. The fourth-order valence-electron chi connectivity index (χ4n) is 1.40. The number of nitrogens with one attached hydrogen (secondary N) is 1. The maximum Gasteiger partial charge on any atom is 0.257 e. The van der Waals surface area contributed by atoms with E-state index in [0.717, 1.165) is 0 Å². The number of nitrogens with zero attached hydrogens (tertiary/aromatic N) is 2. The van der Waals surface area contributed by atoms with Crippen LogP contribution >= 0.6 is 0 Å². The number of methoxy groups -OCH3 is 1. The van der Waals surface area contributed by atoms with E-state index in [1.54, 1.807) is 18.3 Å². The molecule has 2 aromatic rings. The number of aromatic nitrogens is 2. The molecule has 0 unspecified atom stereocenters. The van der Waals surface area contributed by atoms with Gasteiger partial charge in [-0.15, -0.1) is 0 Å². The highest BCUT2D eigenvalue weighted by Gasteiger charge is 2.10. The topological polar surface area (TPSA) is 84.3 Å². The van der Waals surface area contributed by atoms with Gasteiger partial charge in [0.1, 0.15) is 11.4 Å². The number of rotatable bonds is 3. The van der Waals surface area contributed by atoms with Gasteiger partial charge in [0.05, 0.1) is 18.9 Å². The van der Waals surface area contributed by atoms with Crippen LogP contribution in [0.3, 0.4) is 0 Å². The minimum atomic E-state index is -0.398. The second-order valence-corrected chi connectivity index (χ2v) is 3.45. The maximum absolute atomic E-state index is 11.9. The number of carbonyl (C=O) groups excluding carboxylic acids is 1. The largest absolute Gasteiger partial charge is 0.506 e. The van der Waals surface area contributed by atoms with Crippen molar-refractivity contribution < 1.29 is 14.6 Å². The van der Waals surface area contributed by atoms with Crippen molar-refractivity contribution in [2.75, 3.05) is 12.4 Å². The maximum atomic E-state index is 11.9. The number of amides is 1. The zero-order valence-corrected chi connectivity index (χ0v) is 9.62. The van der Waals surface area contributed by atoms with Crippen molar-refractivity contribution >= 4 is 11.6 Å². The monoisotopic (exact) mass is 245 g/mol. The highest BCUT2D eigenvalue weighted by Crippen LogP contribution is 2.20. The van der Waals surface area contributed by atoms with Gasteiger partial charge in [-0.3, -0.25) is 9.78 Å². The van der Waals surface area contributed by atoms with Crippen LogP contribution in [0.4, 0.5) is 5.69 Å². The summed E-state index contributed by atoms with van der Waals surface area (Å²) in [6.45, 7) is 0. The van der Waals surface area contributed by atoms with Crippen molar-refractivity contribution in [3.8, 4) is 11.6 Å². The molecule has 6 heteroatoms. The molecule has 0 radical (unpaired) electrons. The first-order valence-corrected chi connectivity index (χ1v) is 5.15. The Morgan fingerprint density at radius 2 is 2.28 bits per heavy atom. The van der Waals surface area contributed by atoms with Crippen LogP contribution in [0.1, 0.15) is 10.4 Å². The van der Waals surface area contributed by atoms with Gasteiger partial charge in [0, 0.05) is 12.4 Å². The van der Waals surface area contributed by atoms with Crippen molar-refractivity contribution in [2.24, 2.45) is 0 Å². The third-order valence-corrected chi connectivity index (χ3v) is 2.20. The summed E-state index contributed by atoms with van der Waals surface area (Å²) in [6.07, 6.45) is 4.17. The predicted octanol–water partition coefficient (Wildman–Crippen LogP) is 1.44. The number of anilines is 1. The van der Waals surface area contributed by atoms with Gasteiger partial charge in [0.15, 0.2) is 0 Å². The van der Waals surface area contributed by atoms with E-state index >= 15 is 0 Å². The molecule has 18 heavy (non-hydrogen) atoms. The molecule has 2 aromatic heterocycles. The molecule has 0 aliphatic carbocycles. The molecule has 0 aliphatic heterocycles. The molecule has 92 valence electrons. The number of carbonyl (C=O) groups is 1. The molecule has 2 heterocycles. The van der Waals surface area contributed by atoms with E-state index in [1.165, 1.54) is 25.6 Å². The Kier molecular flexibility index (Phi) is 3.38. The van der Waals surface area contributed by atoms with E-state index in [2.05, 4.69) is 15.3 Å². The first-order chi connectivity index (χ1) is 8.70. The average molecular weight is 245 g/mol. The summed E-state index contributed by atoms with van der Waals surface area (Å²) in [5, 5.41) is 11.9. The molecule has 0 spiro atoms. The van der Waals surface area contributed by atoms with Gasteiger partial charge in [-0.05, 0) is 18.2 Å². The molecule has 0 bridgehead atoms. The lowest BCUT2D eigenvalue weighted by Crippen LogP contribution is -2.13. The fourth-order valence-corrected chi connectivity index (χ4v) is 1.40. The van der Waals surface area contributed by atoms with E-state index in [1.807, 2.05) is 0 Å². The Morgan fingerprint density at radius 1 is 1.44 bits per heavy atom. The van der Waals surface area contributed by atoms with Gasteiger partial charge in [-0.1, -0.05) is 0 Å². The van der Waals surface area contributed by atoms with Gasteiger partial charge < -0.3 is 15.2 Å². The van der Waals surface area contributed by atoms with Crippen molar-refractivity contribution in [3.05, 3.63) is 42.4 Å². The van der Waals surface area contributed by atoms with Gasteiger partial charge in [0.2, 0.25) is 5.88 Å². The Bertz CT molecular complexity index is 572. The Labute approximate surface area is 103 Å². The van der Waals surface area contributed by atoms with E-state index in [-0.39, 0.29) is 11.3 Å². The number of ether oxygens (including phenoxy) is 1. The standard InChI is InChI=1S/C12H11N3O3/c1-18-12-10(3-2-4-14-12)15-11(17)8-5-9(16)7-13-6-8/h2-7,16H,1H3,(H,15,17). The lowest BCUT2D eigenvalue weighted by molar-refractivity contribution is 0.102. The molecule has 0 saturated heterocycles. The molecule has 0 saturated carbocycles. The second kappa shape index (κ2) is 5.13. The number of pyridine rings is 2. The highest BCUT2D eigenvalue weighted by molar-refractivity contribution is 6.04. The Morgan fingerprint density at radius 3 is 3.00 bits per heavy atom. The van der Waals surface area contributed by atoms with Gasteiger partial charge in [-0.2, -0.15) is 0 Å². The molecule has 2 N–H and O–H groups in total. The van der Waals surface area contributed by atoms with Crippen LogP contribution in [0, 0.1) is 0 Å². The molecule has 1 amide bonds. The minimum absolute atomic E-state index is 0.0687. The Balaban J connectivity index is 2.21. The normalized spacial score (nSPS) is 9.83. The Hall–Kier alpha value is -2.63. The lowest BCUT2D eigenvalue weighted by atomic mass is 10.2. The lowest BCUT2D eigenvalue weighted by Gasteiger charge is -2.08. The van der Waals surface area contributed by atoms with E-state index in [0.29, 0.717) is 11.6 Å². The number of aromatic hydroxyl groups is 1. The molecular weight excluding hydrogens is 234 g/mol. The molecule has 6 nitrogen and oxygen atoms in total. The number of hydrogen-bond acceptors (Lipinski definition) is 5. The van der Waals surface area contributed by atoms with Gasteiger partial charge in [0.25, 0.3) is 5.91 Å². The average Bonchev–Trinajstić information content (AvgIpc) is 2.39. The quantitative estimate of drug-likeness (QED) is 0.854. The first-order valence-electron chi connectivity index (χ1n) is 5.15. The minimum Gasteiger partial charge on any atom is -0.506 e. The molecule has 0 aliphatic rings. The van der Waals surface area contributed by atoms with Gasteiger partial charge in [-0.25, -0.2) is 4.98 Å². The number of hydrogen-bond donors (Lipinski definition) is 2. The molecule has 0 aromatic carbocycles. The van der Waals surface area contributed by atoms with Crippen molar-refractivity contribution in [1.29, 1.82) is 0 Å². The summed E-state index contributed by atoms with van der Waals surface area (Å²) in [5.74, 6) is -0.149. The smallest absolute Gasteiger partial charge is 0.257 e. The van der Waals surface area contributed by atoms with E-state index in [4.69, 9.17) is 4.74 Å². The molecule has 0 atom stereocenters. The summed E-state index contributed by atoms with van der Waals surface area (Å²) < 4.78 is 5.01. The molecule has 2 rings (SSSR count). The van der Waals surface area contributed by atoms with Crippen LogP contribution in [0.25, 0.3) is 0 Å². The summed E-state index contributed by atoms with van der Waals surface area (Å²) >= 11 is 0. The second-order valence-electron chi connectivity index (χ2n) is 3.45. The fraction of sp³-hybridized carbons (Fsp3) is 0.0833. The zero-order valence-electron chi connectivity index (χ0n) is 9.62. The van der Waals surface area contributed by atoms with Crippen molar-refractivity contribution in [2.45, 2.75) is 0 Å². The zero-order chi connectivity index (χ0) is 13.0. The van der Waals surface area contributed by atoms with Crippen LogP contribution in [0.15, 0.2) is 36.8 Å². The summed E-state index contributed by atoms with van der Waals surface area (Å²) in [7, 11) is 1.47. The van der Waals surface area contributed by atoms with Crippen LogP contribution in [-0.4, -0.2) is 28.1 Å². The molecular formula is C12H11N3O3. The third kappa shape index (κ3) is 2.54. The van der Waals surface area contributed by atoms with Crippen LogP contribution in [-0.2, 0) is 0 Å².